The molecule has 7 heteroatoms. The van der Waals surface area contributed by atoms with Crippen LogP contribution in [-0.4, -0.2) is 17.8 Å². The highest BCUT2D eigenvalue weighted by molar-refractivity contribution is 6.31. The molecular formula is C10H12Cl2F3NO. The van der Waals surface area contributed by atoms with Gasteiger partial charge in [0, 0.05) is 6.04 Å². The van der Waals surface area contributed by atoms with Gasteiger partial charge in [-0.05, 0) is 24.1 Å². The first kappa shape index (κ1) is 16.5. The maximum Gasteiger partial charge on any atom is 0.417 e. The third-order valence-electron chi connectivity index (χ3n) is 2.07. The van der Waals surface area contributed by atoms with Gasteiger partial charge in [-0.15, -0.1) is 12.4 Å². The van der Waals surface area contributed by atoms with E-state index in [0.29, 0.717) is 5.56 Å². The molecule has 0 aliphatic heterocycles. The van der Waals surface area contributed by atoms with Crippen molar-refractivity contribution in [3.05, 3.63) is 34.3 Å². The van der Waals surface area contributed by atoms with Crippen LogP contribution < -0.4 is 5.73 Å². The minimum Gasteiger partial charge on any atom is -0.395 e. The molecule has 2 nitrogen and oxygen atoms in total. The number of aliphatic hydroxyl groups is 1. The van der Waals surface area contributed by atoms with Gasteiger partial charge in [0.05, 0.1) is 17.2 Å². The van der Waals surface area contributed by atoms with E-state index >= 15 is 0 Å². The highest BCUT2D eigenvalue weighted by Crippen LogP contribution is 2.35. The molecule has 1 aromatic rings. The summed E-state index contributed by atoms with van der Waals surface area (Å²) in [7, 11) is 0. The highest BCUT2D eigenvalue weighted by atomic mass is 35.5. The summed E-state index contributed by atoms with van der Waals surface area (Å²) in [6, 6.07) is 3.04. The predicted octanol–water partition coefficient (Wildman–Crippen LogP) is 2.64. The van der Waals surface area contributed by atoms with Crippen molar-refractivity contribution in [1.29, 1.82) is 0 Å². The van der Waals surface area contributed by atoms with Crippen LogP contribution in [-0.2, 0) is 12.6 Å². The largest absolute Gasteiger partial charge is 0.417 e. The van der Waals surface area contributed by atoms with E-state index < -0.39 is 17.8 Å². The molecular weight excluding hydrogens is 278 g/mol. The molecule has 1 unspecified atom stereocenters. The van der Waals surface area contributed by atoms with Crippen LogP contribution in [0.25, 0.3) is 0 Å². The molecule has 0 aliphatic rings. The number of hydrogen-bond acceptors (Lipinski definition) is 2. The fraction of sp³-hybridized carbons (Fsp3) is 0.400. The smallest absolute Gasteiger partial charge is 0.395 e. The average Bonchev–Trinajstić information content (AvgIpc) is 2.19. The highest BCUT2D eigenvalue weighted by Gasteiger charge is 2.33. The Hall–Kier alpha value is -0.490. The summed E-state index contributed by atoms with van der Waals surface area (Å²) in [6.07, 6.45) is -4.30. The lowest BCUT2D eigenvalue weighted by Crippen LogP contribution is -2.27. The summed E-state index contributed by atoms with van der Waals surface area (Å²) in [5.41, 5.74) is 4.96. The van der Waals surface area contributed by atoms with Crippen LogP contribution >= 0.6 is 24.0 Å². The van der Waals surface area contributed by atoms with Gasteiger partial charge in [-0.3, -0.25) is 0 Å². The molecule has 0 heterocycles. The number of halogens is 5. The summed E-state index contributed by atoms with van der Waals surface area (Å²) in [5, 5.41) is 8.37. The summed E-state index contributed by atoms with van der Waals surface area (Å²) >= 11 is 5.45. The fourth-order valence-electron chi connectivity index (χ4n) is 1.28. The Bertz CT molecular complexity index is 371. The number of benzene rings is 1. The third-order valence-corrected chi connectivity index (χ3v) is 2.40. The normalized spacial score (nSPS) is 13.1. The topological polar surface area (TPSA) is 46.2 Å². The van der Waals surface area contributed by atoms with Crippen molar-refractivity contribution in [3.63, 3.8) is 0 Å². The Kier molecular flexibility index (Phi) is 6.26. The molecule has 0 fully saturated rings. The molecule has 3 N–H and O–H groups in total. The molecule has 1 rings (SSSR count). The Morgan fingerprint density at radius 2 is 1.94 bits per heavy atom. The zero-order valence-electron chi connectivity index (χ0n) is 8.67. The zero-order chi connectivity index (χ0) is 12.3. The third kappa shape index (κ3) is 4.71. The van der Waals surface area contributed by atoms with Gasteiger partial charge >= 0.3 is 6.18 Å². The van der Waals surface area contributed by atoms with E-state index in [4.69, 9.17) is 22.4 Å². The molecule has 0 bridgehead atoms. The standard InChI is InChI=1S/C10H11ClF3NO.ClH/c11-9-2-1-6(3-7(15)5-16)4-8(9)10(12,13)14;/h1-2,4,7,16H,3,5,15H2;1H. The summed E-state index contributed by atoms with van der Waals surface area (Å²) < 4.78 is 37.4. The van der Waals surface area contributed by atoms with Crippen molar-refractivity contribution in [2.24, 2.45) is 5.73 Å². The summed E-state index contributed by atoms with van der Waals surface area (Å²) in [4.78, 5) is 0. The molecule has 0 aromatic heterocycles. The lowest BCUT2D eigenvalue weighted by atomic mass is 10.0. The van der Waals surface area contributed by atoms with Crippen molar-refractivity contribution in [3.8, 4) is 0 Å². The molecule has 0 saturated heterocycles. The minimum atomic E-state index is -4.48. The molecule has 0 spiro atoms. The van der Waals surface area contributed by atoms with E-state index in [1.807, 2.05) is 0 Å². The monoisotopic (exact) mass is 289 g/mol. The maximum atomic E-state index is 12.5. The fourth-order valence-corrected chi connectivity index (χ4v) is 1.51. The number of alkyl halides is 3. The first-order valence-corrected chi connectivity index (χ1v) is 4.94. The van der Waals surface area contributed by atoms with Crippen LogP contribution in [0.4, 0.5) is 13.2 Å². The van der Waals surface area contributed by atoms with E-state index in [0.717, 1.165) is 6.07 Å². The van der Waals surface area contributed by atoms with Crippen LogP contribution in [0.15, 0.2) is 18.2 Å². The second-order valence-electron chi connectivity index (χ2n) is 3.46. The molecule has 0 aliphatic carbocycles. The lowest BCUT2D eigenvalue weighted by Gasteiger charge is -2.12. The Labute approximate surface area is 108 Å². The van der Waals surface area contributed by atoms with Gasteiger partial charge in [0.2, 0.25) is 0 Å². The second-order valence-corrected chi connectivity index (χ2v) is 3.87. The maximum absolute atomic E-state index is 12.5. The van der Waals surface area contributed by atoms with Crippen molar-refractivity contribution < 1.29 is 18.3 Å². The first-order chi connectivity index (χ1) is 7.34. The molecule has 0 saturated carbocycles. The number of rotatable bonds is 3. The van der Waals surface area contributed by atoms with Gasteiger partial charge in [-0.1, -0.05) is 17.7 Å². The lowest BCUT2D eigenvalue weighted by molar-refractivity contribution is -0.137. The Balaban J connectivity index is 0.00000256. The van der Waals surface area contributed by atoms with Crippen molar-refractivity contribution in [2.75, 3.05) is 6.61 Å². The van der Waals surface area contributed by atoms with Crippen molar-refractivity contribution in [2.45, 2.75) is 18.6 Å². The summed E-state index contributed by atoms with van der Waals surface area (Å²) in [6.45, 7) is -0.274. The van der Waals surface area contributed by atoms with E-state index in [2.05, 4.69) is 0 Å². The SMILES string of the molecule is Cl.NC(CO)Cc1ccc(Cl)c(C(F)(F)F)c1. The molecule has 17 heavy (non-hydrogen) atoms. The van der Waals surface area contributed by atoms with Gasteiger partial charge in [0.1, 0.15) is 0 Å². The first-order valence-electron chi connectivity index (χ1n) is 4.56. The van der Waals surface area contributed by atoms with E-state index in [1.165, 1.54) is 12.1 Å². The van der Waals surface area contributed by atoms with Gasteiger partial charge in [-0.25, -0.2) is 0 Å². The van der Waals surface area contributed by atoms with Gasteiger partial charge in [-0.2, -0.15) is 13.2 Å². The second kappa shape index (κ2) is 6.44. The van der Waals surface area contributed by atoms with Crippen LogP contribution in [0, 0.1) is 0 Å². The van der Waals surface area contributed by atoms with Crippen LogP contribution in [0.1, 0.15) is 11.1 Å². The van der Waals surface area contributed by atoms with E-state index in [-0.39, 0.29) is 30.5 Å². The quantitative estimate of drug-likeness (QED) is 0.899. The van der Waals surface area contributed by atoms with Crippen molar-refractivity contribution in [1.82, 2.24) is 0 Å². The van der Waals surface area contributed by atoms with Gasteiger partial charge in [0.25, 0.3) is 0 Å². The Morgan fingerprint density at radius 3 is 2.41 bits per heavy atom. The van der Waals surface area contributed by atoms with Gasteiger partial charge in [0.15, 0.2) is 0 Å². The van der Waals surface area contributed by atoms with Crippen LogP contribution in [0.3, 0.4) is 0 Å². The zero-order valence-corrected chi connectivity index (χ0v) is 10.2. The Morgan fingerprint density at radius 1 is 1.35 bits per heavy atom. The molecule has 98 valence electrons. The van der Waals surface area contributed by atoms with Crippen LogP contribution in [0.2, 0.25) is 5.02 Å². The van der Waals surface area contributed by atoms with Crippen LogP contribution in [0.5, 0.6) is 0 Å². The summed E-state index contributed by atoms with van der Waals surface area (Å²) in [5.74, 6) is 0. The molecule has 0 radical (unpaired) electrons. The number of hydrogen-bond donors (Lipinski definition) is 2. The minimum absolute atomic E-state index is 0. The average molecular weight is 290 g/mol. The molecule has 0 amide bonds. The molecule has 1 aromatic carbocycles. The molecule has 1 atom stereocenters. The van der Waals surface area contributed by atoms with Gasteiger partial charge < -0.3 is 10.8 Å². The predicted molar refractivity (Wildman–Crippen MR) is 62.5 cm³/mol. The van der Waals surface area contributed by atoms with Crippen molar-refractivity contribution >= 4 is 24.0 Å². The van der Waals surface area contributed by atoms with E-state index in [9.17, 15) is 13.2 Å². The van der Waals surface area contributed by atoms with E-state index in [1.54, 1.807) is 0 Å². The number of nitrogens with two attached hydrogens (primary N) is 1. The number of aliphatic hydroxyl groups excluding tert-OH is 1.